The third-order valence-corrected chi connectivity index (χ3v) is 3.97. The van der Waals surface area contributed by atoms with Crippen molar-refractivity contribution in [3.05, 3.63) is 29.3 Å². The molecule has 1 saturated heterocycles. The molecule has 20 heavy (non-hydrogen) atoms. The number of carbonyl (C=O) groups excluding carboxylic acids is 1. The van der Waals surface area contributed by atoms with Crippen LogP contribution in [0.4, 0.5) is 0 Å². The molecule has 0 saturated carbocycles. The molecule has 1 atom stereocenters. The fourth-order valence-corrected chi connectivity index (χ4v) is 2.88. The summed E-state index contributed by atoms with van der Waals surface area (Å²) < 4.78 is 5.32. The van der Waals surface area contributed by atoms with Gasteiger partial charge in [0.25, 0.3) is 5.91 Å². The van der Waals surface area contributed by atoms with Gasteiger partial charge in [-0.1, -0.05) is 11.6 Å². The first kappa shape index (κ1) is 14.9. The molecule has 0 aliphatic carbocycles. The van der Waals surface area contributed by atoms with Gasteiger partial charge in [0.2, 0.25) is 0 Å². The number of carbonyl (C=O) groups is 1. The Labute approximate surface area is 120 Å². The number of methoxy groups -OCH3 is 1. The minimum Gasteiger partial charge on any atom is -0.496 e. The zero-order valence-corrected chi connectivity index (χ0v) is 12.4. The van der Waals surface area contributed by atoms with Crippen LogP contribution in [0.1, 0.15) is 35.2 Å². The normalized spacial score (nSPS) is 18.9. The SMILES string of the molecule is COc1ccc(C)cc1C(=O)N1CCCC(CCN)C1. The molecule has 1 aliphatic rings. The van der Waals surface area contributed by atoms with Crippen molar-refractivity contribution in [2.24, 2.45) is 11.7 Å². The topological polar surface area (TPSA) is 55.6 Å². The van der Waals surface area contributed by atoms with Crippen LogP contribution >= 0.6 is 0 Å². The molecule has 1 amide bonds. The van der Waals surface area contributed by atoms with Gasteiger partial charge in [0, 0.05) is 13.1 Å². The molecule has 0 bridgehead atoms. The Kier molecular flexibility index (Phi) is 5.01. The highest BCUT2D eigenvalue weighted by Gasteiger charge is 2.25. The van der Waals surface area contributed by atoms with Crippen molar-refractivity contribution in [2.75, 3.05) is 26.7 Å². The zero-order valence-electron chi connectivity index (χ0n) is 12.4. The second kappa shape index (κ2) is 6.75. The van der Waals surface area contributed by atoms with Gasteiger partial charge >= 0.3 is 0 Å². The second-order valence-corrected chi connectivity index (χ2v) is 5.54. The molecule has 1 unspecified atom stereocenters. The summed E-state index contributed by atoms with van der Waals surface area (Å²) >= 11 is 0. The number of benzene rings is 1. The number of hydrogen-bond acceptors (Lipinski definition) is 3. The lowest BCUT2D eigenvalue weighted by molar-refractivity contribution is 0.0666. The van der Waals surface area contributed by atoms with E-state index in [-0.39, 0.29) is 5.91 Å². The molecule has 1 aromatic carbocycles. The van der Waals surface area contributed by atoms with Gasteiger partial charge in [-0.2, -0.15) is 0 Å². The monoisotopic (exact) mass is 276 g/mol. The molecule has 4 heteroatoms. The second-order valence-electron chi connectivity index (χ2n) is 5.54. The largest absolute Gasteiger partial charge is 0.496 e. The van der Waals surface area contributed by atoms with E-state index in [1.807, 2.05) is 30.0 Å². The third-order valence-electron chi connectivity index (χ3n) is 3.97. The number of ether oxygens (including phenoxy) is 1. The lowest BCUT2D eigenvalue weighted by Gasteiger charge is -2.33. The van der Waals surface area contributed by atoms with Crippen LogP contribution in [-0.2, 0) is 0 Å². The molecule has 2 N–H and O–H groups in total. The summed E-state index contributed by atoms with van der Waals surface area (Å²) in [5.74, 6) is 1.27. The van der Waals surface area contributed by atoms with Crippen LogP contribution in [0.5, 0.6) is 5.75 Å². The van der Waals surface area contributed by atoms with E-state index in [2.05, 4.69) is 0 Å². The molecular formula is C16H24N2O2. The first-order valence-corrected chi connectivity index (χ1v) is 7.29. The van der Waals surface area contributed by atoms with Gasteiger partial charge in [0.1, 0.15) is 5.75 Å². The molecule has 1 fully saturated rings. The molecule has 1 heterocycles. The maximum absolute atomic E-state index is 12.7. The Morgan fingerprint density at radius 1 is 1.50 bits per heavy atom. The highest BCUT2D eigenvalue weighted by Crippen LogP contribution is 2.25. The zero-order chi connectivity index (χ0) is 14.5. The molecule has 110 valence electrons. The third kappa shape index (κ3) is 3.31. The maximum Gasteiger partial charge on any atom is 0.257 e. The Morgan fingerprint density at radius 2 is 2.30 bits per heavy atom. The quantitative estimate of drug-likeness (QED) is 0.917. The fourth-order valence-electron chi connectivity index (χ4n) is 2.88. The van der Waals surface area contributed by atoms with Crippen molar-refractivity contribution in [1.29, 1.82) is 0 Å². The Hall–Kier alpha value is -1.55. The number of amides is 1. The van der Waals surface area contributed by atoms with Crippen LogP contribution in [0.25, 0.3) is 0 Å². The summed E-state index contributed by atoms with van der Waals surface area (Å²) in [4.78, 5) is 14.6. The molecule has 0 radical (unpaired) electrons. The van der Waals surface area contributed by atoms with Gasteiger partial charge in [0.05, 0.1) is 12.7 Å². The average Bonchev–Trinajstić information content (AvgIpc) is 2.47. The Morgan fingerprint density at radius 3 is 3.00 bits per heavy atom. The maximum atomic E-state index is 12.7. The van der Waals surface area contributed by atoms with Crippen LogP contribution in [-0.4, -0.2) is 37.6 Å². The fraction of sp³-hybridized carbons (Fsp3) is 0.562. The van der Waals surface area contributed by atoms with E-state index < -0.39 is 0 Å². The summed E-state index contributed by atoms with van der Waals surface area (Å²) in [6, 6.07) is 5.74. The van der Waals surface area contributed by atoms with Crippen molar-refractivity contribution in [3.63, 3.8) is 0 Å². The summed E-state index contributed by atoms with van der Waals surface area (Å²) in [5, 5.41) is 0. The van der Waals surface area contributed by atoms with Crippen molar-refractivity contribution in [2.45, 2.75) is 26.2 Å². The molecule has 4 nitrogen and oxygen atoms in total. The lowest BCUT2D eigenvalue weighted by atomic mass is 9.94. The Balaban J connectivity index is 2.16. The summed E-state index contributed by atoms with van der Waals surface area (Å²) in [7, 11) is 1.61. The summed E-state index contributed by atoms with van der Waals surface area (Å²) in [6.45, 7) is 4.33. The number of likely N-dealkylation sites (tertiary alicyclic amines) is 1. The predicted octanol–water partition coefficient (Wildman–Crippen LogP) is 2.20. The van der Waals surface area contributed by atoms with Gasteiger partial charge in [0.15, 0.2) is 0 Å². The summed E-state index contributed by atoms with van der Waals surface area (Å²) in [6.07, 6.45) is 3.23. The average molecular weight is 276 g/mol. The van der Waals surface area contributed by atoms with Crippen LogP contribution in [0.3, 0.4) is 0 Å². The molecule has 1 aromatic rings. The van der Waals surface area contributed by atoms with Crippen LogP contribution in [0.15, 0.2) is 18.2 Å². The van der Waals surface area contributed by atoms with Crippen LogP contribution < -0.4 is 10.5 Å². The number of piperidine rings is 1. The van der Waals surface area contributed by atoms with Crippen LogP contribution in [0.2, 0.25) is 0 Å². The number of aryl methyl sites for hydroxylation is 1. The molecular weight excluding hydrogens is 252 g/mol. The van der Waals surface area contributed by atoms with Crippen molar-refractivity contribution < 1.29 is 9.53 Å². The van der Waals surface area contributed by atoms with Crippen molar-refractivity contribution in [1.82, 2.24) is 4.90 Å². The Bertz CT molecular complexity index is 472. The first-order chi connectivity index (χ1) is 9.65. The van der Waals surface area contributed by atoms with E-state index in [4.69, 9.17) is 10.5 Å². The van der Waals surface area contributed by atoms with E-state index in [1.165, 1.54) is 6.42 Å². The first-order valence-electron chi connectivity index (χ1n) is 7.29. The van der Waals surface area contributed by atoms with E-state index in [9.17, 15) is 4.79 Å². The molecule has 0 aromatic heterocycles. The van der Waals surface area contributed by atoms with Gasteiger partial charge in [-0.3, -0.25) is 4.79 Å². The number of hydrogen-bond donors (Lipinski definition) is 1. The van der Waals surface area contributed by atoms with Gasteiger partial charge < -0.3 is 15.4 Å². The molecule has 1 aliphatic heterocycles. The minimum absolute atomic E-state index is 0.0762. The van der Waals surface area contributed by atoms with Crippen molar-refractivity contribution >= 4 is 5.91 Å². The van der Waals surface area contributed by atoms with Gasteiger partial charge in [-0.25, -0.2) is 0 Å². The number of rotatable bonds is 4. The standard InChI is InChI=1S/C16H24N2O2/c1-12-5-6-15(20-2)14(10-12)16(19)18-9-3-4-13(11-18)7-8-17/h5-6,10,13H,3-4,7-9,11,17H2,1-2H3. The minimum atomic E-state index is 0.0762. The molecule has 0 spiro atoms. The molecule has 2 rings (SSSR count). The highest BCUT2D eigenvalue weighted by molar-refractivity contribution is 5.97. The smallest absolute Gasteiger partial charge is 0.257 e. The predicted molar refractivity (Wildman–Crippen MR) is 80.0 cm³/mol. The lowest BCUT2D eigenvalue weighted by Crippen LogP contribution is -2.40. The van der Waals surface area contributed by atoms with Gasteiger partial charge in [-0.05, 0) is 50.8 Å². The van der Waals surface area contributed by atoms with E-state index in [1.54, 1.807) is 7.11 Å². The van der Waals surface area contributed by atoms with Gasteiger partial charge in [-0.15, -0.1) is 0 Å². The van der Waals surface area contributed by atoms with Crippen molar-refractivity contribution in [3.8, 4) is 5.75 Å². The van der Waals surface area contributed by atoms with E-state index >= 15 is 0 Å². The van der Waals surface area contributed by atoms with Crippen LogP contribution in [0, 0.1) is 12.8 Å². The number of nitrogens with zero attached hydrogens (tertiary/aromatic N) is 1. The van der Waals surface area contributed by atoms with E-state index in [0.29, 0.717) is 23.8 Å². The number of nitrogens with two attached hydrogens (primary N) is 1. The highest BCUT2D eigenvalue weighted by atomic mass is 16.5. The summed E-state index contributed by atoms with van der Waals surface area (Å²) in [5.41, 5.74) is 7.38. The van der Waals surface area contributed by atoms with E-state index in [0.717, 1.165) is 31.5 Å².